The first kappa shape index (κ1) is 32.2. The van der Waals surface area contributed by atoms with Gasteiger partial charge >= 0.3 is 0 Å². The predicted molar refractivity (Wildman–Crippen MR) is 182 cm³/mol. The third-order valence-electron chi connectivity index (χ3n) is 9.22. The third-order valence-corrected chi connectivity index (χ3v) is 10.4. The van der Waals surface area contributed by atoms with Crippen LogP contribution < -0.4 is 10.1 Å². The molecule has 6 nitrogen and oxygen atoms in total. The molecule has 2 saturated heterocycles. The van der Waals surface area contributed by atoms with Crippen molar-refractivity contribution in [1.29, 1.82) is 0 Å². The first-order valence-electron chi connectivity index (χ1n) is 15.3. The van der Waals surface area contributed by atoms with E-state index in [9.17, 15) is 9.59 Å². The monoisotopic (exact) mass is 685 g/mol. The number of ketones is 1. The van der Waals surface area contributed by atoms with Crippen LogP contribution in [-0.4, -0.2) is 46.9 Å². The molecule has 3 aromatic carbocycles. The van der Waals surface area contributed by atoms with Crippen LogP contribution in [0.15, 0.2) is 60.8 Å². The molecule has 6 rings (SSSR count). The number of hydrogen-bond acceptors (Lipinski definition) is 4. The zero-order valence-electron chi connectivity index (χ0n) is 25.0. The van der Waals surface area contributed by atoms with E-state index in [4.69, 9.17) is 51.1 Å². The van der Waals surface area contributed by atoms with Crippen LogP contribution in [0.4, 0.5) is 0 Å². The summed E-state index contributed by atoms with van der Waals surface area (Å²) < 4.78 is 7.86. The van der Waals surface area contributed by atoms with Gasteiger partial charge in [0.1, 0.15) is 5.75 Å². The van der Waals surface area contributed by atoms with Gasteiger partial charge in [0.05, 0.1) is 28.2 Å². The SMILES string of the molecule is COc1cccc2c(C(=O)NCc3ccc(Cl)c(Cl)c3)cn(CCCN3[C@@H]4CC[C@H]3C[C@@H](CC(=O)c3cc(Cl)cc(Cl)c3)C4)c12. The molecule has 4 aromatic rings. The predicted octanol–water partition coefficient (Wildman–Crippen LogP) is 9.10. The summed E-state index contributed by atoms with van der Waals surface area (Å²) in [7, 11) is 1.66. The summed E-state index contributed by atoms with van der Waals surface area (Å²) in [5, 5.41) is 5.80. The number of nitrogens with zero attached hydrogens (tertiary/aromatic N) is 2. The van der Waals surface area contributed by atoms with E-state index in [1.54, 1.807) is 37.4 Å². The molecule has 0 aliphatic carbocycles. The highest BCUT2D eigenvalue weighted by molar-refractivity contribution is 6.42. The number of para-hydroxylation sites is 1. The number of carbonyl (C=O) groups is 2. The van der Waals surface area contributed by atoms with E-state index in [1.807, 2.05) is 30.5 Å². The van der Waals surface area contributed by atoms with Crippen LogP contribution in [0.5, 0.6) is 5.75 Å². The first-order chi connectivity index (χ1) is 21.7. The molecule has 0 spiro atoms. The lowest BCUT2D eigenvalue weighted by molar-refractivity contribution is 0.0807. The molecule has 1 N–H and O–H groups in total. The van der Waals surface area contributed by atoms with Crippen molar-refractivity contribution in [2.24, 2.45) is 5.92 Å². The summed E-state index contributed by atoms with van der Waals surface area (Å²) >= 11 is 24.5. The molecular weight excluding hydrogens is 652 g/mol. The molecule has 2 aliphatic rings. The average molecular weight is 687 g/mol. The summed E-state index contributed by atoms with van der Waals surface area (Å²) in [6, 6.07) is 17.2. The Balaban J connectivity index is 1.09. The Kier molecular flexibility index (Phi) is 9.98. The van der Waals surface area contributed by atoms with E-state index in [0.717, 1.165) is 54.6 Å². The fraction of sp³-hybridized carbons (Fsp3) is 0.371. The molecular formula is C35H35Cl4N3O3. The van der Waals surface area contributed by atoms with E-state index in [2.05, 4.69) is 14.8 Å². The fourth-order valence-corrected chi connectivity index (χ4v) is 8.06. The Hall–Kier alpha value is -2.74. The number of ether oxygens (including phenoxy) is 1. The number of piperidine rings is 1. The number of rotatable bonds is 11. The highest BCUT2D eigenvalue weighted by Crippen LogP contribution is 2.41. The molecule has 2 bridgehead atoms. The zero-order valence-corrected chi connectivity index (χ0v) is 28.0. The summed E-state index contributed by atoms with van der Waals surface area (Å²) in [5.41, 5.74) is 2.99. The van der Waals surface area contributed by atoms with Gasteiger partial charge in [0, 0.05) is 65.3 Å². The van der Waals surface area contributed by atoms with Crippen molar-refractivity contribution in [2.45, 2.75) is 63.7 Å². The smallest absolute Gasteiger partial charge is 0.253 e. The van der Waals surface area contributed by atoms with Crippen LogP contribution in [0.2, 0.25) is 20.1 Å². The lowest BCUT2D eigenvalue weighted by atomic mass is 9.85. The Bertz CT molecular complexity index is 1700. The molecule has 2 fully saturated rings. The normalized spacial score (nSPS) is 19.6. The summed E-state index contributed by atoms with van der Waals surface area (Å²) in [6.07, 6.45) is 7.79. The number of fused-ring (bicyclic) bond motifs is 3. The van der Waals surface area contributed by atoms with Crippen molar-refractivity contribution in [3.05, 3.63) is 97.6 Å². The molecule has 0 saturated carbocycles. The number of Topliss-reactive ketones (excluding diaryl/α,β-unsaturated/α-hetero) is 1. The van der Waals surface area contributed by atoms with Gasteiger partial charge in [-0.25, -0.2) is 0 Å². The molecule has 2 aliphatic heterocycles. The van der Waals surface area contributed by atoms with Gasteiger partial charge in [0.2, 0.25) is 0 Å². The second-order valence-electron chi connectivity index (χ2n) is 12.1. The number of carbonyl (C=O) groups excluding carboxylic acids is 2. The Morgan fingerprint density at radius 3 is 2.33 bits per heavy atom. The van der Waals surface area contributed by atoms with Gasteiger partial charge in [-0.1, -0.05) is 64.6 Å². The Labute approximate surface area is 283 Å². The average Bonchev–Trinajstić information content (AvgIpc) is 3.50. The molecule has 0 unspecified atom stereocenters. The van der Waals surface area contributed by atoms with Gasteiger partial charge in [-0.15, -0.1) is 0 Å². The molecule has 1 amide bonds. The molecule has 236 valence electrons. The lowest BCUT2D eigenvalue weighted by Crippen LogP contribution is -2.43. The molecule has 10 heteroatoms. The van der Waals surface area contributed by atoms with Crippen LogP contribution in [-0.2, 0) is 13.1 Å². The van der Waals surface area contributed by atoms with E-state index in [0.29, 0.717) is 62.2 Å². The number of amides is 1. The van der Waals surface area contributed by atoms with Crippen LogP contribution in [0, 0.1) is 5.92 Å². The number of halogens is 4. The van der Waals surface area contributed by atoms with Crippen molar-refractivity contribution < 1.29 is 14.3 Å². The van der Waals surface area contributed by atoms with Crippen molar-refractivity contribution in [1.82, 2.24) is 14.8 Å². The molecule has 45 heavy (non-hydrogen) atoms. The maximum atomic E-state index is 13.4. The van der Waals surface area contributed by atoms with E-state index in [1.165, 1.54) is 12.8 Å². The van der Waals surface area contributed by atoms with Crippen LogP contribution >= 0.6 is 46.4 Å². The molecule has 0 radical (unpaired) electrons. The summed E-state index contributed by atoms with van der Waals surface area (Å²) in [4.78, 5) is 29.0. The molecule has 3 atom stereocenters. The highest BCUT2D eigenvalue weighted by Gasteiger charge is 2.40. The number of hydrogen-bond donors (Lipinski definition) is 1. The minimum atomic E-state index is -0.159. The minimum absolute atomic E-state index is 0.113. The van der Waals surface area contributed by atoms with Crippen LogP contribution in [0.3, 0.4) is 0 Å². The van der Waals surface area contributed by atoms with E-state index in [-0.39, 0.29) is 11.7 Å². The Morgan fingerprint density at radius 2 is 1.64 bits per heavy atom. The van der Waals surface area contributed by atoms with Crippen molar-refractivity contribution in [3.63, 3.8) is 0 Å². The van der Waals surface area contributed by atoms with Gasteiger partial charge in [-0.05, 0) is 80.0 Å². The van der Waals surface area contributed by atoms with Gasteiger partial charge in [-0.2, -0.15) is 0 Å². The number of nitrogens with one attached hydrogen (secondary N) is 1. The van der Waals surface area contributed by atoms with Crippen molar-refractivity contribution in [3.8, 4) is 5.75 Å². The summed E-state index contributed by atoms with van der Waals surface area (Å²) in [5.74, 6) is 1.06. The quantitative estimate of drug-likeness (QED) is 0.160. The molecule has 1 aromatic heterocycles. The van der Waals surface area contributed by atoms with Crippen molar-refractivity contribution in [2.75, 3.05) is 13.7 Å². The maximum absolute atomic E-state index is 13.4. The number of methoxy groups -OCH3 is 1. The van der Waals surface area contributed by atoms with Crippen molar-refractivity contribution >= 4 is 69.0 Å². The number of aryl methyl sites for hydroxylation is 1. The maximum Gasteiger partial charge on any atom is 0.253 e. The Morgan fingerprint density at radius 1 is 0.911 bits per heavy atom. The second-order valence-corrected chi connectivity index (χ2v) is 13.8. The van der Waals surface area contributed by atoms with Gasteiger partial charge in [0.25, 0.3) is 5.91 Å². The van der Waals surface area contributed by atoms with Gasteiger partial charge < -0.3 is 14.6 Å². The highest BCUT2D eigenvalue weighted by atomic mass is 35.5. The third kappa shape index (κ3) is 7.16. The van der Waals surface area contributed by atoms with Gasteiger partial charge in [0.15, 0.2) is 5.78 Å². The largest absolute Gasteiger partial charge is 0.495 e. The number of benzene rings is 3. The van der Waals surface area contributed by atoms with E-state index < -0.39 is 0 Å². The number of aromatic nitrogens is 1. The van der Waals surface area contributed by atoms with Crippen LogP contribution in [0.1, 0.15) is 64.8 Å². The summed E-state index contributed by atoms with van der Waals surface area (Å²) in [6.45, 7) is 2.06. The van der Waals surface area contributed by atoms with Crippen LogP contribution in [0.25, 0.3) is 10.9 Å². The van der Waals surface area contributed by atoms with Gasteiger partial charge in [-0.3, -0.25) is 14.5 Å². The lowest BCUT2D eigenvalue weighted by Gasteiger charge is -2.39. The zero-order chi connectivity index (χ0) is 31.7. The molecule has 3 heterocycles. The minimum Gasteiger partial charge on any atom is -0.495 e. The van der Waals surface area contributed by atoms with E-state index >= 15 is 0 Å². The standard InChI is InChI=1S/C35H35Cl4N3O3/c1-45-33-5-2-4-28-29(35(44)40-19-21-6-9-30(38)31(39)14-21)20-41(34(28)33)10-3-11-42-26-7-8-27(42)13-22(12-26)15-32(43)23-16-24(36)18-25(37)17-23/h2,4-6,9,14,16-18,20,22,26-27H,3,7-8,10-13,15,19H2,1H3,(H,40,44)/t22-,26+,27-. The second kappa shape index (κ2) is 13.9. The fourth-order valence-electron chi connectivity index (χ4n) is 7.21. The first-order valence-corrected chi connectivity index (χ1v) is 16.8. The topological polar surface area (TPSA) is 63.6 Å².